The summed E-state index contributed by atoms with van der Waals surface area (Å²) < 4.78 is 11.6. The summed E-state index contributed by atoms with van der Waals surface area (Å²) >= 11 is 0. The molecule has 1 aliphatic rings. The monoisotopic (exact) mass is 476 g/mol. The SMILES string of the molecule is Cc1cc(Nc2cc(OCCCO)nc(N3CCCC3c3cc(-c4cccnc4C)no3)n2)n[nH]1. The lowest BCUT2D eigenvalue weighted by Gasteiger charge is -2.23. The van der Waals surface area contributed by atoms with E-state index in [4.69, 9.17) is 19.4 Å². The van der Waals surface area contributed by atoms with E-state index in [-0.39, 0.29) is 12.6 Å². The number of aliphatic hydroxyl groups excluding tert-OH is 1. The van der Waals surface area contributed by atoms with Gasteiger partial charge in [-0.1, -0.05) is 5.16 Å². The van der Waals surface area contributed by atoms with Crippen LogP contribution in [0.1, 0.15) is 42.5 Å². The standard InChI is InChI=1S/C24H28N8O3/c1-15-12-22(30-29-15)26-21-14-23(34-11-5-10-33)28-24(27-21)32-9-4-7-19(32)20-13-18(31-35-20)17-6-3-8-25-16(17)2/h3,6,8,12-14,19,33H,4-5,7,9-11H2,1-2H3,(H2,26,27,28,29,30). The van der Waals surface area contributed by atoms with Gasteiger partial charge in [0.05, 0.1) is 12.6 Å². The lowest BCUT2D eigenvalue weighted by atomic mass is 10.1. The Labute approximate surface area is 202 Å². The van der Waals surface area contributed by atoms with Gasteiger partial charge in [-0.25, -0.2) is 0 Å². The maximum absolute atomic E-state index is 9.12. The molecule has 1 saturated heterocycles. The van der Waals surface area contributed by atoms with Gasteiger partial charge in [0.15, 0.2) is 11.6 Å². The molecular weight excluding hydrogens is 448 g/mol. The van der Waals surface area contributed by atoms with Crippen molar-refractivity contribution in [2.75, 3.05) is 30.0 Å². The first-order valence-electron chi connectivity index (χ1n) is 11.7. The number of nitrogens with one attached hydrogen (secondary N) is 2. The van der Waals surface area contributed by atoms with Gasteiger partial charge >= 0.3 is 0 Å². The van der Waals surface area contributed by atoms with Crippen molar-refractivity contribution >= 4 is 17.6 Å². The molecule has 0 aromatic carbocycles. The fraction of sp³-hybridized carbons (Fsp3) is 0.375. The summed E-state index contributed by atoms with van der Waals surface area (Å²) in [5.74, 6) is 2.93. The van der Waals surface area contributed by atoms with Crippen molar-refractivity contribution in [2.45, 2.75) is 39.2 Å². The van der Waals surface area contributed by atoms with E-state index < -0.39 is 0 Å². The summed E-state index contributed by atoms with van der Waals surface area (Å²) in [5, 5.41) is 23.8. The third kappa shape index (κ3) is 5.09. The van der Waals surface area contributed by atoms with Crippen LogP contribution in [0.25, 0.3) is 11.3 Å². The highest BCUT2D eigenvalue weighted by Gasteiger charge is 2.32. The number of aromatic nitrogens is 6. The average Bonchev–Trinajstić information content (AvgIpc) is 3.60. The maximum Gasteiger partial charge on any atom is 0.231 e. The number of rotatable bonds is 9. The van der Waals surface area contributed by atoms with Crippen LogP contribution in [-0.4, -0.2) is 55.2 Å². The predicted octanol–water partition coefficient (Wildman–Crippen LogP) is 3.71. The Kier molecular flexibility index (Phi) is 6.57. The number of hydrogen-bond acceptors (Lipinski definition) is 10. The normalized spacial score (nSPS) is 15.5. The van der Waals surface area contributed by atoms with Crippen LogP contribution in [0.15, 0.2) is 41.1 Å². The molecule has 1 aliphatic heterocycles. The first-order chi connectivity index (χ1) is 17.1. The number of pyridine rings is 1. The molecule has 4 aromatic rings. The Bertz CT molecular complexity index is 1290. The van der Waals surface area contributed by atoms with Crippen molar-refractivity contribution in [3.63, 3.8) is 0 Å². The lowest BCUT2D eigenvalue weighted by molar-refractivity contribution is 0.229. The summed E-state index contributed by atoms with van der Waals surface area (Å²) in [7, 11) is 0. The van der Waals surface area contributed by atoms with Crippen LogP contribution in [0, 0.1) is 13.8 Å². The van der Waals surface area contributed by atoms with Crippen molar-refractivity contribution in [3.05, 3.63) is 53.7 Å². The number of hydrogen-bond donors (Lipinski definition) is 3. The molecule has 11 nitrogen and oxygen atoms in total. The summed E-state index contributed by atoms with van der Waals surface area (Å²) in [6.07, 6.45) is 4.14. The highest BCUT2D eigenvalue weighted by atomic mass is 16.5. The molecule has 0 amide bonds. The highest BCUT2D eigenvalue weighted by Crippen LogP contribution is 2.37. The predicted molar refractivity (Wildman–Crippen MR) is 130 cm³/mol. The van der Waals surface area contributed by atoms with Crippen LogP contribution in [0.3, 0.4) is 0 Å². The number of nitrogens with zero attached hydrogens (tertiary/aromatic N) is 6. The van der Waals surface area contributed by atoms with Gasteiger partial charge < -0.3 is 24.6 Å². The number of aliphatic hydroxyl groups is 1. The van der Waals surface area contributed by atoms with Gasteiger partial charge in [-0.15, -0.1) is 0 Å². The molecule has 1 unspecified atom stereocenters. The van der Waals surface area contributed by atoms with Crippen molar-refractivity contribution in [1.82, 2.24) is 30.3 Å². The van der Waals surface area contributed by atoms with Gasteiger partial charge in [0.2, 0.25) is 11.8 Å². The topological polar surface area (TPSA) is 138 Å². The first kappa shape index (κ1) is 22.8. The second-order valence-electron chi connectivity index (χ2n) is 8.48. The Morgan fingerprint density at radius 2 is 2.14 bits per heavy atom. The van der Waals surface area contributed by atoms with E-state index in [0.717, 1.165) is 47.8 Å². The molecule has 35 heavy (non-hydrogen) atoms. The molecule has 0 bridgehead atoms. The summed E-state index contributed by atoms with van der Waals surface area (Å²) in [4.78, 5) is 15.9. The molecule has 3 N–H and O–H groups in total. The summed E-state index contributed by atoms with van der Waals surface area (Å²) in [6.45, 7) is 5.06. The average molecular weight is 477 g/mol. The van der Waals surface area contributed by atoms with Gasteiger partial charge in [0, 0.05) is 60.9 Å². The van der Waals surface area contributed by atoms with Crippen LogP contribution in [0.4, 0.5) is 17.6 Å². The quantitative estimate of drug-likeness (QED) is 0.306. The minimum Gasteiger partial charge on any atom is -0.477 e. The number of aromatic amines is 1. The number of anilines is 3. The minimum atomic E-state index is -0.0543. The summed E-state index contributed by atoms with van der Waals surface area (Å²) in [5.41, 5.74) is 3.54. The summed E-state index contributed by atoms with van der Waals surface area (Å²) in [6, 6.07) is 9.42. The van der Waals surface area contributed by atoms with Crippen LogP contribution < -0.4 is 15.0 Å². The van der Waals surface area contributed by atoms with Crippen LogP contribution in [-0.2, 0) is 0 Å². The molecule has 0 saturated carbocycles. The van der Waals surface area contributed by atoms with E-state index in [0.29, 0.717) is 36.5 Å². The smallest absolute Gasteiger partial charge is 0.231 e. The van der Waals surface area contributed by atoms with Crippen LogP contribution >= 0.6 is 0 Å². The first-order valence-corrected chi connectivity index (χ1v) is 11.7. The van der Waals surface area contributed by atoms with Gasteiger partial charge in [-0.3, -0.25) is 10.1 Å². The van der Waals surface area contributed by atoms with Crippen molar-refractivity contribution in [2.24, 2.45) is 0 Å². The minimum absolute atomic E-state index is 0.0496. The zero-order chi connectivity index (χ0) is 24.2. The molecule has 0 radical (unpaired) electrons. The van der Waals surface area contributed by atoms with Gasteiger partial charge in [0.25, 0.3) is 0 Å². The van der Waals surface area contributed by atoms with E-state index in [1.165, 1.54) is 0 Å². The molecule has 0 spiro atoms. The third-order valence-electron chi connectivity index (χ3n) is 5.85. The maximum atomic E-state index is 9.12. The second kappa shape index (κ2) is 10.1. The molecule has 5 rings (SSSR count). The van der Waals surface area contributed by atoms with Gasteiger partial charge in [0.1, 0.15) is 11.5 Å². The van der Waals surface area contributed by atoms with Crippen LogP contribution in [0.5, 0.6) is 5.88 Å². The molecule has 0 aliphatic carbocycles. The zero-order valence-corrected chi connectivity index (χ0v) is 19.7. The van der Waals surface area contributed by atoms with Gasteiger partial charge in [-0.05, 0) is 38.8 Å². The molecule has 11 heteroatoms. The van der Waals surface area contributed by atoms with E-state index in [1.807, 2.05) is 38.1 Å². The van der Waals surface area contributed by atoms with Gasteiger partial charge in [-0.2, -0.15) is 15.1 Å². The molecule has 182 valence electrons. The lowest BCUT2D eigenvalue weighted by Crippen LogP contribution is -2.25. The Morgan fingerprint density at radius 1 is 1.23 bits per heavy atom. The second-order valence-corrected chi connectivity index (χ2v) is 8.48. The Balaban J connectivity index is 1.43. The molecule has 4 aromatic heterocycles. The van der Waals surface area contributed by atoms with E-state index in [1.54, 1.807) is 12.3 Å². The third-order valence-corrected chi connectivity index (χ3v) is 5.85. The Morgan fingerprint density at radius 3 is 2.94 bits per heavy atom. The fourth-order valence-corrected chi connectivity index (χ4v) is 4.16. The molecular formula is C24H28N8O3. The van der Waals surface area contributed by atoms with Crippen molar-refractivity contribution in [3.8, 4) is 17.1 Å². The fourth-order valence-electron chi connectivity index (χ4n) is 4.16. The van der Waals surface area contributed by atoms with Crippen molar-refractivity contribution < 1.29 is 14.4 Å². The number of ether oxygens (including phenoxy) is 1. The molecule has 1 fully saturated rings. The van der Waals surface area contributed by atoms with E-state index >= 15 is 0 Å². The van der Waals surface area contributed by atoms with Crippen molar-refractivity contribution in [1.29, 1.82) is 0 Å². The van der Waals surface area contributed by atoms with E-state index in [2.05, 4.69) is 35.5 Å². The van der Waals surface area contributed by atoms with E-state index in [9.17, 15) is 0 Å². The number of aryl methyl sites for hydroxylation is 2. The molecule has 5 heterocycles. The van der Waals surface area contributed by atoms with Crippen LogP contribution in [0.2, 0.25) is 0 Å². The zero-order valence-electron chi connectivity index (χ0n) is 19.7. The molecule has 1 atom stereocenters. The largest absolute Gasteiger partial charge is 0.477 e. The highest BCUT2D eigenvalue weighted by molar-refractivity contribution is 5.62. The Hall–Kier alpha value is -3.99. The number of H-pyrrole nitrogens is 1.